The second-order valence-corrected chi connectivity index (χ2v) is 10.5. The van der Waals surface area contributed by atoms with Crippen molar-refractivity contribution in [3.05, 3.63) is 47.0 Å². The lowest BCUT2D eigenvalue weighted by Gasteiger charge is -2.45. The van der Waals surface area contributed by atoms with Crippen LogP contribution in [0.1, 0.15) is 95.5 Å². The number of hydrogen-bond acceptors (Lipinski definition) is 0. The van der Waals surface area contributed by atoms with E-state index >= 15 is 0 Å². The van der Waals surface area contributed by atoms with Crippen LogP contribution in [0.25, 0.3) is 0 Å². The molecule has 0 heterocycles. The van der Waals surface area contributed by atoms with E-state index in [0.29, 0.717) is 0 Å². The van der Waals surface area contributed by atoms with Gasteiger partial charge in [0.05, 0.1) is 0 Å². The summed E-state index contributed by atoms with van der Waals surface area (Å²) in [5.41, 5.74) is 1.52. The van der Waals surface area contributed by atoms with Gasteiger partial charge in [-0.1, -0.05) is 42.3 Å². The highest BCUT2D eigenvalue weighted by Gasteiger charge is 2.38. The Labute approximate surface area is 178 Å². The van der Waals surface area contributed by atoms with Gasteiger partial charge in [0.15, 0.2) is 0 Å². The number of halogens is 1. The zero-order valence-electron chi connectivity index (χ0n) is 17.8. The first-order chi connectivity index (χ1) is 13.7. The molecule has 3 aliphatic rings. The summed E-state index contributed by atoms with van der Waals surface area (Å²) in [6.07, 6.45) is 22.2. The van der Waals surface area contributed by atoms with Gasteiger partial charge in [0, 0.05) is 5.02 Å². The predicted molar refractivity (Wildman–Crippen MR) is 122 cm³/mol. The molecule has 0 N–H and O–H groups in total. The van der Waals surface area contributed by atoms with Gasteiger partial charge in [-0.2, -0.15) is 0 Å². The van der Waals surface area contributed by atoms with Crippen molar-refractivity contribution in [3.8, 4) is 0 Å². The largest absolute Gasteiger partial charge is 0.0917 e. The molecule has 4 unspecified atom stereocenters. The fourth-order valence-corrected chi connectivity index (χ4v) is 7.00. The first-order valence-electron chi connectivity index (χ1n) is 12.1. The molecule has 1 aromatic rings. The first-order valence-corrected chi connectivity index (χ1v) is 12.5. The molecule has 4 atom stereocenters. The average Bonchev–Trinajstić information content (AvgIpc) is 2.74. The molecule has 0 amide bonds. The fraction of sp³-hybridized carbons (Fsp3) is 0.704. The van der Waals surface area contributed by atoms with Gasteiger partial charge in [-0.15, -0.1) is 0 Å². The van der Waals surface area contributed by atoms with Crippen LogP contribution in [0.4, 0.5) is 0 Å². The van der Waals surface area contributed by atoms with E-state index in [2.05, 4.69) is 43.3 Å². The van der Waals surface area contributed by atoms with Crippen LogP contribution in [-0.2, 0) is 0 Å². The van der Waals surface area contributed by atoms with Gasteiger partial charge in [0.2, 0.25) is 0 Å². The number of fused-ring (bicyclic) bond motifs is 1. The zero-order valence-corrected chi connectivity index (χ0v) is 18.5. The number of hydrogen-bond donors (Lipinski definition) is 0. The van der Waals surface area contributed by atoms with E-state index in [9.17, 15) is 0 Å². The Kier molecular flexibility index (Phi) is 7.21. The summed E-state index contributed by atoms with van der Waals surface area (Å²) in [4.78, 5) is 0. The van der Waals surface area contributed by atoms with Crippen molar-refractivity contribution in [1.82, 2.24) is 0 Å². The van der Waals surface area contributed by atoms with Gasteiger partial charge < -0.3 is 0 Å². The first kappa shape index (κ1) is 20.5. The maximum Gasteiger partial charge on any atom is 0.0406 e. The minimum absolute atomic E-state index is 0.775. The second kappa shape index (κ2) is 9.84. The van der Waals surface area contributed by atoms with Gasteiger partial charge in [0.25, 0.3) is 0 Å². The Balaban J connectivity index is 1.24. The molecule has 0 aromatic heterocycles. The molecule has 0 spiro atoms. The monoisotopic (exact) mass is 398 g/mol. The molecule has 154 valence electrons. The van der Waals surface area contributed by atoms with E-state index in [1.807, 2.05) is 0 Å². The number of rotatable bonds is 5. The molecule has 0 nitrogen and oxygen atoms in total. The minimum Gasteiger partial charge on any atom is -0.0917 e. The fourth-order valence-electron chi connectivity index (χ4n) is 6.87. The van der Waals surface area contributed by atoms with Crippen LogP contribution in [0.3, 0.4) is 0 Å². The normalized spacial score (nSPS) is 36.4. The Morgan fingerprint density at radius 3 is 2.11 bits per heavy atom. The number of benzene rings is 1. The molecule has 0 radical (unpaired) electrons. The Morgan fingerprint density at radius 2 is 1.39 bits per heavy atom. The smallest absolute Gasteiger partial charge is 0.0406 e. The molecule has 3 saturated carbocycles. The zero-order chi connectivity index (χ0) is 19.3. The highest BCUT2D eigenvalue weighted by molar-refractivity contribution is 6.30. The lowest BCUT2D eigenvalue weighted by molar-refractivity contribution is 0.0621. The van der Waals surface area contributed by atoms with Crippen LogP contribution in [0, 0.1) is 29.6 Å². The second-order valence-electron chi connectivity index (χ2n) is 10.1. The third-order valence-corrected chi connectivity index (χ3v) is 8.77. The summed E-state index contributed by atoms with van der Waals surface area (Å²) in [7, 11) is 0. The van der Waals surface area contributed by atoms with Crippen LogP contribution in [0.15, 0.2) is 36.4 Å². The van der Waals surface area contributed by atoms with E-state index in [0.717, 1.165) is 40.5 Å². The van der Waals surface area contributed by atoms with Crippen LogP contribution in [0.5, 0.6) is 0 Å². The lowest BCUT2D eigenvalue weighted by atomic mass is 9.60. The van der Waals surface area contributed by atoms with Crippen molar-refractivity contribution in [2.45, 2.75) is 89.9 Å². The topological polar surface area (TPSA) is 0 Å². The molecule has 0 saturated heterocycles. The summed E-state index contributed by atoms with van der Waals surface area (Å²) in [5.74, 6) is 5.96. The standard InChI is InChI=1S/C27H39Cl/c1-2-3-4-5-20-6-7-26-19-25(13-12-24(26)18-20)23-10-8-21(9-11-23)22-14-16-27(28)17-15-22/h2-3,14-17,20-21,23-26H,4-13,18-19H2,1H3/b3-2+. The molecular formula is C27H39Cl. The van der Waals surface area contributed by atoms with E-state index < -0.39 is 0 Å². The molecule has 28 heavy (non-hydrogen) atoms. The predicted octanol–water partition coefficient (Wildman–Crippen LogP) is 8.80. The molecule has 3 fully saturated rings. The van der Waals surface area contributed by atoms with E-state index in [4.69, 9.17) is 11.6 Å². The van der Waals surface area contributed by atoms with Gasteiger partial charge in [0.1, 0.15) is 0 Å². The van der Waals surface area contributed by atoms with Crippen LogP contribution < -0.4 is 0 Å². The average molecular weight is 399 g/mol. The SMILES string of the molecule is C/C=C/CCC1CCC2CC(C3CCC(c4ccc(Cl)cc4)CC3)CCC2C1. The van der Waals surface area contributed by atoms with Crippen molar-refractivity contribution >= 4 is 11.6 Å². The third-order valence-electron chi connectivity index (χ3n) is 8.52. The van der Waals surface area contributed by atoms with Crippen molar-refractivity contribution in [2.24, 2.45) is 29.6 Å². The Hall–Kier alpha value is -0.750. The molecule has 3 aliphatic carbocycles. The van der Waals surface area contributed by atoms with E-state index in [-0.39, 0.29) is 0 Å². The van der Waals surface area contributed by atoms with Gasteiger partial charge in [-0.3, -0.25) is 0 Å². The molecule has 0 bridgehead atoms. The van der Waals surface area contributed by atoms with Crippen molar-refractivity contribution in [2.75, 3.05) is 0 Å². The van der Waals surface area contributed by atoms with E-state index in [1.165, 1.54) is 76.2 Å². The van der Waals surface area contributed by atoms with Crippen molar-refractivity contribution in [3.63, 3.8) is 0 Å². The molecule has 1 heteroatoms. The third kappa shape index (κ3) is 5.05. The van der Waals surface area contributed by atoms with Crippen molar-refractivity contribution < 1.29 is 0 Å². The Morgan fingerprint density at radius 1 is 0.786 bits per heavy atom. The minimum atomic E-state index is 0.775. The van der Waals surface area contributed by atoms with Crippen molar-refractivity contribution in [1.29, 1.82) is 0 Å². The highest BCUT2D eigenvalue weighted by Crippen LogP contribution is 2.50. The summed E-state index contributed by atoms with van der Waals surface area (Å²) >= 11 is 6.07. The van der Waals surface area contributed by atoms with Crippen LogP contribution in [-0.4, -0.2) is 0 Å². The summed E-state index contributed by atoms with van der Waals surface area (Å²) < 4.78 is 0. The van der Waals surface area contributed by atoms with Gasteiger partial charge in [-0.25, -0.2) is 0 Å². The highest BCUT2D eigenvalue weighted by atomic mass is 35.5. The summed E-state index contributed by atoms with van der Waals surface area (Å²) in [5, 5.41) is 0.866. The quantitative estimate of drug-likeness (QED) is 0.434. The van der Waals surface area contributed by atoms with Gasteiger partial charge in [-0.05, 0) is 131 Å². The Bertz CT molecular complexity index is 622. The lowest BCUT2D eigenvalue weighted by Crippen LogP contribution is -2.34. The maximum atomic E-state index is 6.07. The van der Waals surface area contributed by atoms with Gasteiger partial charge >= 0.3 is 0 Å². The maximum absolute atomic E-state index is 6.07. The van der Waals surface area contributed by atoms with Crippen LogP contribution >= 0.6 is 11.6 Å². The van der Waals surface area contributed by atoms with E-state index in [1.54, 1.807) is 6.42 Å². The summed E-state index contributed by atoms with van der Waals surface area (Å²) in [6, 6.07) is 8.65. The summed E-state index contributed by atoms with van der Waals surface area (Å²) in [6.45, 7) is 2.15. The number of allylic oxidation sites excluding steroid dienone is 2. The molecule has 0 aliphatic heterocycles. The molecule has 4 rings (SSSR count). The molecule has 1 aromatic carbocycles. The van der Waals surface area contributed by atoms with Crippen LogP contribution in [0.2, 0.25) is 5.02 Å². The molecular weight excluding hydrogens is 360 g/mol.